The van der Waals surface area contributed by atoms with Crippen molar-refractivity contribution in [3.8, 4) is 17.1 Å². The van der Waals surface area contributed by atoms with E-state index in [1.54, 1.807) is 60.9 Å². The Bertz CT molecular complexity index is 1690. The fraction of sp³-hybridized carbons (Fsp3) is 0.212. The van der Waals surface area contributed by atoms with Crippen LogP contribution in [0.1, 0.15) is 51.1 Å². The van der Waals surface area contributed by atoms with Crippen LogP contribution in [0.5, 0.6) is 5.75 Å². The number of ether oxygens (including phenoxy) is 1. The molecule has 0 spiro atoms. The third-order valence-corrected chi connectivity index (χ3v) is 9.45. The summed E-state index contributed by atoms with van der Waals surface area (Å²) in [6.07, 6.45) is 4.97. The zero-order valence-electron chi connectivity index (χ0n) is 24.7. The summed E-state index contributed by atoms with van der Waals surface area (Å²) in [5.74, 6) is -1.14. The third kappa shape index (κ3) is 7.22. The number of carbonyl (C=O) groups excluding carboxylic acids is 3. The number of rotatable bonds is 14. The van der Waals surface area contributed by atoms with E-state index in [4.69, 9.17) is 13.8 Å². The van der Waals surface area contributed by atoms with Crippen LogP contribution in [0, 0.1) is 0 Å². The fourth-order valence-electron chi connectivity index (χ4n) is 4.98. The SMILES string of the molecule is C=Cc1ccc(OP(=O)(OC)C(CCCCN2C(=O)c3ccccc3C2=O)NC(=O)OCc2ccccc2)c(-c2ncc[nH]2)c1. The number of benzene rings is 3. The molecule has 45 heavy (non-hydrogen) atoms. The predicted octanol–water partition coefficient (Wildman–Crippen LogP) is 6.66. The third-order valence-electron chi connectivity index (χ3n) is 7.34. The predicted molar refractivity (Wildman–Crippen MR) is 169 cm³/mol. The van der Waals surface area contributed by atoms with Gasteiger partial charge in [0, 0.05) is 26.0 Å². The maximum absolute atomic E-state index is 14.4. The first kappa shape index (κ1) is 31.4. The molecule has 0 radical (unpaired) electrons. The van der Waals surface area contributed by atoms with Gasteiger partial charge >= 0.3 is 13.7 Å². The minimum absolute atomic E-state index is 0.00291. The molecule has 2 N–H and O–H groups in total. The quantitative estimate of drug-likeness (QED) is 0.0898. The number of nitrogens with one attached hydrogen (secondary N) is 2. The normalized spacial score (nSPS) is 14.4. The van der Waals surface area contributed by atoms with Gasteiger partial charge in [0.25, 0.3) is 11.8 Å². The number of aromatic amines is 1. The highest BCUT2D eigenvalue weighted by Crippen LogP contribution is 2.54. The lowest BCUT2D eigenvalue weighted by Gasteiger charge is -2.27. The lowest BCUT2D eigenvalue weighted by atomic mass is 10.1. The van der Waals surface area contributed by atoms with E-state index in [9.17, 15) is 18.9 Å². The van der Waals surface area contributed by atoms with Gasteiger partial charge in [0.15, 0.2) is 0 Å². The van der Waals surface area contributed by atoms with E-state index in [2.05, 4.69) is 21.9 Å². The first-order valence-corrected chi connectivity index (χ1v) is 16.0. The summed E-state index contributed by atoms with van der Waals surface area (Å²) in [7, 11) is -2.85. The van der Waals surface area contributed by atoms with Crippen molar-refractivity contribution in [1.29, 1.82) is 0 Å². The molecule has 2 unspecified atom stereocenters. The van der Waals surface area contributed by atoms with Gasteiger partial charge in [-0.15, -0.1) is 0 Å². The van der Waals surface area contributed by atoms with E-state index < -0.39 is 19.5 Å². The smallest absolute Gasteiger partial charge is 0.408 e. The Kier molecular flexibility index (Phi) is 9.92. The molecule has 3 aromatic carbocycles. The van der Waals surface area contributed by atoms with Crippen molar-refractivity contribution in [1.82, 2.24) is 20.2 Å². The van der Waals surface area contributed by atoms with Crippen LogP contribution in [0.15, 0.2) is 91.8 Å². The van der Waals surface area contributed by atoms with Crippen molar-refractivity contribution in [2.45, 2.75) is 31.7 Å². The number of nitrogens with zero attached hydrogens (tertiary/aromatic N) is 2. The monoisotopic (exact) mass is 628 g/mol. The zero-order chi connectivity index (χ0) is 31.8. The number of fused-ring (bicyclic) bond motifs is 1. The molecule has 0 bridgehead atoms. The number of carbonyl (C=O) groups is 3. The molecular weight excluding hydrogens is 595 g/mol. The fourth-order valence-corrected chi connectivity index (χ4v) is 6.63. The lowest BCUT2D eigenvalue weighted by molar-refractivity contribution is 0.0651. The standard InChI is InChI=1S/C33H33N4O7P/c1-3-23-16-17-28(27(21-23)30-34-18-19-35-30)44-45(41,42-2)29(36-33(40)43-22-24-11-5-4-6-12-24)15-9-10-20-37-31(38)25-13-7-8-14-26(25)32(37)39/h3-8,11-14,16-19,21,29H,1,9-10,15,20,22H2,2H3,(H,34,35)(H,36,40). The van der Waals surface area contributed by atoms with Gasteiger partial charge in [0.05, 0.1) is 16.7 Å². The van der Waals surface area contributed by atoms with E-state index in [-0.39, 0.29) is 37.1 Å². The molecule has 1 aromatic heterocycles. The summed E-state index contributed by atoms with van der Waals surface area (Å²) < 4.78 is 31.3. The van der Waals surface area contributed by atoms with Gasteiger partial charge in [-0.2, -0.15) is 0 Å². The molecule has 4 aromatic rings. The Morgan fingerprint density at radius 1 is 1.02 bits per heavy atom. The van der Waals surface area contributed by atoms with E-state index in [0.29, 0.717) is 35.4 Å². The van der Waals surface area contributed by atoms with Crippen molar-refractivity contribution < 1.29 is 32.7 Å². The molecule has 12 heteroatoms. The van der Waals surface area contributed by atoms with Crippen LogP contribution < -0.4 is 9.84 Å². The van der Waals surface area contributed by atoms with Crippen molar-refractivity contribution in [3.05, 3.63) is 114 Å². The molecule has 0 saturated carbocycles. The average molecular weight is 629 g/mol. The van der Waals surface area contributed by atoms with E-state index >= 15 is 0 Å². The Morgan fingerprint density at radius 2 is 1.73 bits per heavy atom. The summed E-state index contributed by atoms with van der Waals surface area (Å²) in [5.41, 5.74) is 2.83. The second-order valence-corrected chi connectivity index (χ2v) is 12.5. The van der Waals surface area contributed by atoms with Gasteiger partial charge < -0.3 is 24.1 Å². The zero-order valence-corrected chi connectivity index (χ0v) is 25.6. The molecule has 0 fully saturated rings. The molecule has 232 valence electrons. The van der Waals surface area contributed by atoms with Crippen LogP contribution in [-0.4, -0.2) is 52.2 Å². The maximum atomic E-state index is 14.4. The molecule has 11 nitrogen and oxygen atoms in total. The molecule has 3 amide bonds. The number of hydrogen-bond donors (Lipinski definition) is 2. The first-order chi connectivity index (χ1) is 21.8. The summed E-state index contributed by atoms with van der Waals surface area (Å²) in [6, 6.07) is 21.0. The average Bonchev–Trinajstić information content (AvgIpc) is 3.69. The minimum atomic E-state index is -4.10. The molecule has 1 aliphatic heterocycles. The Morgan fingerprint density at radius 3 is 2.38 bits per heavy atom. The second kappa shape index (κ2) is 14.2. The number of H-pyrrole nitrogens is 1. The van der Waals surface area contributed by atoms with Gasteiger partial charge in [-0.25, -0.2) is 14.3 Å². The van der Waals surface area contributed by atoms with Crippen LogP contribution in [0.4, 0.5) is 4.79 Å². The lowest BCUT2D eigenvalue weighted by Crippen LogP contribution is -2.37. The van der Waals surface area contributed by atoms with E-state index in [1.165, 1.54) is 12.0 Å². The highest BCUT2D eigenvalue weighted by molar-refractivity contribution is 7.55. The summed E-state index contributed by atoms with van der Waals surface area (Å²) in [5, 5.41) is 2.67. The molecular formula is C33H33N4O7P. The number of aromatic nitrogens is 2. The second-order valence-electron chi connectivity index (χ2n) is 10.2. The van der Waals surface area contributed by atoms with Crippen molar-refractivity contribution in [2.24, 2.45) is 0 Å². The van der Waals surface area contributed by atoms with Crippen LogP contribution in [-0.2, 0) is 20.4 Å². The number of imide groups is 1. The number of imidazole rings is 1. The molecule has 0 aliphatic carbocycles. The van der Waals surface area contributed by atoms with Crippen LogP contribution in [0.3, 0.4) is 0 Å². The summed E-state index contributed by atoms with van der Waals surface area (Å²) in [4.78, 5) is 47.0. The Balaban J connectivity index is 1.32. The van der Waals surface area contributed by atoms with Gasteiger partial charge in [-0.1, -0.05) is 61.2 Å². The molecule has 5 rings (SSSR count). The summed E-state index contributed by atoms with van der Waals surface area (Å²) >= 11 is 0. The maximum Gasteiger partial charge on any atom is 0.408 e. The summed E-state index contributed by atoms with van der Waals surface area (Å²) in [6.45, 7) is 3.96. The van der Waals surface area contributed by atoms with Gasteiger partial charge in [-0.05, 0) is 54.7 Å². The number of hydrogen-bond acceptors (Lipinski definition) is 8. The highest BCUT2D eigenvalue weighted by Gasteiger charge is 2.39. The minimum Gasteiger partial charge on any atom is -0.445 e. The van der Waals surface area contributed by atoms with Crippen LogP contribution >= 0.6 is 7.60 Å². The Labute approximate surface area is 260 Å². The van der Waals surface area contributed by atoms with Gasteiger partial charge in [-0.3, -0.25) is 14.5 Å². The molecule has 2 atom stereocenters. The van der Waals surface area contributed by atoms with Gasteiger partial charge in [0.1, 0.15) is 24.0 Å². The molecule has 0 saturated heterocycles. The molecule has 2 heterocycles. The number of amides is 3. The topological polar surface area (TPSA) is 140 Å². The van der Waals surface area contributed by atoms with Gasteiger partial charge in [0.2, 0.25) is 0 Å². The van der Waals surface area contributed by atoms with Crippen LogP contribution in [0.2, 0.25) is 0 Å². The highest BCUT2D eigenvalue weighted by atomic mass is 31.2. The number of alkyl carbamates (subject to hydrolysis) is 1. The first-order valence-electron chi connectivity index (χ1n) is 14.4. The van der Waals surface area contributed by atoms with Crippen molar-refractivity contribution in [3.63, 3.8) is 0 Å². The van der Waals surface area contributed by atoms with E-state index in [0.717, 1.165) is 11.1 Å². The van der Waals surface area contributed by atoms with E-state index in [1.807, 2.05) is 30.3 Å². The van der Waals surface area contributed by atoms with Crippen molar-refractivity contribution in [2.75, 3.05) is 13.7 Å². The van der Waals surface area contributed by atoms with Crippen molar-refractivity contribution >= 4 is 31.6 Å². The Hall–Kier alpha value is -4.99. The number of unbranched alkanes of at least 4 members (excludes halogenated alkanes) is 1. The molecule has 1 aliphatic rings. The van der Waals surface area contributed by atoms with Crippen LogP contribution in [0.25, 0.3) is 17.5 Å². The largest absolute Gasteiger partial charge is 0.445 e.